The first-order valence-electron chi connectivity index (χ1n) is 12.4. The van der Waals surface area contributed by atoms with Gasteiger partial charge in [-0.25, -0.2) is 9.59 Å². The number of carbonyl (C=O) groups is 3. The van der Waals surface area contributed by atoms with Crippen LogP contribution in [0.2, 0.25) is 0 Å². The zero-order valence-electron chi connectivity index (χ0n) is 20.7. The maximum Gasteiger partial charge on any atom is 0.514 e. The van der Waals surface area contributed by atoms with Crippen molar-refractivity contribution in [3.63, 3.8) is 0 Å². The predicted molar refractivity (Wildman–Crippen MR) is 134 cm³/mol. The first-order chi connectivity index (χ1) is 17.5. The van der Waals surface area contributed by atoms with Crippen LogP contribution in [0.4, 0.5) is 4.79 Å². The lowest BCUT2D eigenvalue weighted by Crippen LogP contribution is -2.35. The first kappa shape index (κ1) is 27.0. The Hall–Kier alpha value is -3.61. The van der Waals surface area contributed by atoms with Gasteiger partial charge in [-0.1, -0.05) is 81.3 Å². The molecule has 1 aliphatic carbocycles. The molecule has 0 heterocycles. The summed E-state index contributed by atoms with van der Waals surface area (Å²) in [5.41, 5.74) is 1.48. The van der Waals surface area contributed by atoms with E-state index in [0.29, 0.717) is 5.56 Å². The minimum atomic E-state index is -1.13. The minimum absolute atomic E-state index is 0.0307. The fraction of sp³-hybridized carbons (Fsp3) is 0.414. The van der Waals surface area contributed by atoms with Gasteiger partial charge in [0.25, 0.3) is 0 Å². The molecule has 1 aliphatic rings. The molecule has 2 atom stereocenters. The van der Waals surface area contributed by atoms with Gasteiger partial charge < -0.3 is 18.9 Å². The molecule has 7 heteroatoms. The van der Waals surface area contributed by atoms with Gasteiger partial charge in [0.15, 0.2) is 0 Å². The van der Waals surface area contributed by atoms with Crippen LogP contribution in [0.3, 0.4) is 0 Å². The van der Waals surface area contributed by atoms with Crippen LogP contribution in [-0.2, 0) is 36.8 Å². The highest BCUT2D eigenvalue weighted by Crippen LogP contribution is 2.31. The van der Waals surface area contributed by atoms with Crippen LogP contribution in [0.5, 0.6) is 5.75 Å². The van der Waals surface area contributed by atoms with Gasteiger partial charge in [-0.05, 0) is 42.0 Å². The van der Waals surface area contributed by atoms with Crippen molar-refractivity contribution in [1.82, 2.24) is 0 Å². The number of ether oxygens (including phenoxy) is 4. The maximum absolute atomic E-state index is 13.0. The highest BCUT2D eigenvalue weighted by Gasteiger charge is 2.32. The molecule has 2 aromatic carbocycles. The Morgan fingerprint density at radius 3 is 2.39 bits per heavy atom. The summed E-state index contributed by atoms with van der Waals surface area (Å²) in [4.78, 5) is 37.8. The predicted octanol–water partition coefficient (Wildman–Crippen LogP) is 5.80. The van der Waals surface area contributed by atoms with Crippen LogP contribution in [-0.4, -0.2) is 30.8 Å². The molecule has 3 rings (SSSR count). The normalized spacial score (nSPS) is 15.2. The van der Waals surface area contributed by atoms with E-state index in [1.54, 1.807) is 24.3 Å². The average Bonchev–Trinajstić information content (AvgIpc) is 2.91. The third-order valence-electron chi connectivity index (χ3n) is 6.31. The highest BCUT2D eigenvalue weighted by molar-refractivity contribution is 5.80. The van der Waals surface area contributed by atoms with Gasteiger partial charge in [-0.2, -0.15) is 0 Å². The quantitative estimate of drug-likeness (QED) is 0.169. The molecule has 0 bridgehead atoms. The van der Waals surface area contributed by atoms with E-state index in [1.165, 1.54) is 12.5 Å². The number of hydrogen-bond donors (Lipinski definition) is 0. The molecule has 0 spiro atoms. The molecule has 0 saturated heterocycles. The van der Waals surface area contributed by atoms with Gasteiger partial charge in [0, 0.05) is 6.42 Å². The Morgan fingerprint density at radius 2 is 1.67 bits per heavy atom. The van der Waals surface area contributed by atoms with Crippen molar-refractivity contribution in [3.8, 4) is 5.75 Å². The first-order valence-corrected chi connectivity index (χ1v) is 12.4. The Morgan fingerprint density at radius 1 is 0.944 bits per heavy atom. The van der Waals surface area contributed by atoms with Crippen LogP contribution in [0.15, 0.2) is 67.3 Å². The molecule has 0 aromatic heterocycles. The minimum Gasteiger partial charge on any atom is -0.458 e. The van der Waals surface area contributed by atoms with Gasteiger partial charge in [-0.15, -0.1) is 0 Å². The number of rotatable bonds is 11. The van der Waals surface area contributed by atoms with Crippen molar-refractivity contribution in [2.45, 2.75) is 58.2 Å². The molecular weight excluding hydrogens is 460 g/mol. The molecule has 2 unspecified atom stereocenters. The SMILES string of the molecule is C=CCOC(=O)Oc1cccc(CC(OC(=O)C(C)C2CCCCC2)C(=O)OCc2ccccc2)c1. The number of esters is 2. The van der Waals surface area contributed by atoms with E-state index in [4.69, 9.17) is 18.9 Å². The van der Waals surface area contributed by atoms with Gasteiger partial charge in [0.1, 0.15) is 19.0 Å². The lowest BCUT2D eigenvalue weighted by Gasteiger charge is -2.27. The standard InChI is InChI=1S/C29H34O7/c1-3-17-33-29(32)35-25-16-10-13-23(18-25)19-26(28(31)34-20-22-11-6-4-7-12-22)36-27(30)21(2)24-14-8-5-9-15-24/h3-4,6-7,10-13,16,18,21,24,26H,1,5,8-9,14-15,17,19-20H2,2H3. The summed E-state index contributed by atoms with van der Waals surface area (Å²) in [5, 5.41) is 0. The molecular formula is C29H34O7. The summed E-state index contributed by atoms with van der Waals surface area (Å²) < 4.78 is 21.2. The molecule has 192 valence electrons. The number of hydrogen-bond acceptors (Lipinski definition) is 7. The van der Waals surface area contributed by atoms with Crippen molar-refractivity contribution in [2.75, 3.05) is 6.61 Å². The number of carbonyl (C=O) groups excluding carboxylic acids is 3. The molecule has 0 amide bonds. The van der Waals surface area contributed by atoms with Crippen LogP contribution in [0.25, 0.3) is 0 Å². The Bertz CT molecular complexity index is 1010. The van der Waals surface area contributed by atoms with E-state index in [2.05, 4.69) is 6.58 Å². The molecule has 1 fully saturated rings. The van der Waals surface area contributed by atoms with Crippen LogP contribution < -0.4 is 4.74 Å². The van der Waals surface area contributed by atoms with Crippen molar-refractivity contribution >= 4 is 18.1 Å². The lowest BCUT2D eigenvalue weighted by atomic mass is 9.81. The van der Waals surface area contributed by atoms with Crippen molar-refractivity contribution in [1.29, 1.82) is 0 Å². The van der Waals surface area contributed by atoms with Crippen LogP contribution in [0.1, 0.15) is 50.2 Å². The van der Waals surface area contributed by atoms with Crippen molar-refractivity contribution < 1.29 is 33.3 Å². The summed E-state index contributed by atoms with van der Waals surface area (Å²) in [7, 11) is 0. The summed E-state index contributed by atoms with van der Waals surface area (Å²) in [6.45, 7) is 5.46. The molecule has 0 radical (unpaired) electrons. The van der Waals surface area contributed by atoms with Gasteiger partial charge >= 0.3 is 18.1 Å². The summed E-state index contributed by atoms with van der Waals surface area (Å²) in [6.07, 6.45) is 4.89. The van der Waals surface area contributed by atoms with Crippen molar-refractivity contribution in [2.24, 2.45) is 11.8 Å². The second-order valence-electron chi connectivity index (χ2n) is 9.01. The van der Waals surface area contributed by atoms with Gasteiger partial charge in [0.2, 0.25) is 6.10 Å². The smallest absolute Gasteiger partial charge is 0.458 e. The largest absolute Gasteiger partial charge is 0.514 e. The average molecular weight is 495 g/mol. The van der Waals surface area contributed by atoms with Crippen molar-refractivity contribution in [3.05, 3.63) is 78.4 Å². The van der Waals surface area contributed by atoms with E-state index in [-0.39, 0.29) is 37.2 Å². The van der Waals surface area contributed by atoms with Crippen LogP contribution in [0, 0.1) is 11.8 Å². The van der Waals surface area contributed by atoms with Gasteiger partial charge in [0.05, 0.1) is 5.92 Å². The monoisotopic (exact) mass is 494 g/mol. The van der Waals surface area contributed by atoms with E-state index < -0.39 is 24.2 Å². The zero-order valence-corrected chi connectivity index (χ0v) is 20.7. The molecule has 0 N–H and O–H groups in total. The summed E-state index contributed by atoms with van der Waals surface area (Å²) in [5.74, 6) is -0.821. The second kappa shape index (κ2) is 14.1. The highest BCUT2D eigenvalue weighted by atomic mass is 16.7. The van der Waals surface area contributed by atoms with E-state index in [1.807, 2.05) is 37.3 Å². The molecule has 7 nitrogen and oxygen atoms in total. The molecule has 1 saturated carbocycles. The third-order valence-corrected chi connectivity index (χ3v) is 6.31. The van der Waals surface area contributed by atoms with Gasteiger partial charge in [-0.3, -0.25) is 4.79 Å². The number of benzene rings is 2. The summed E-state index contributed by atoms with van der Waals surface area (Å²) >= 11 is 0. The third kappa shape index (κ3) is 8.56. The summed E-state index contributed by atoms with van der Waals surface area (Å²) in [6, 6.07) is 15.9. The van der Waals surface area contributed by atoms with E-state index >= 15 is 0 Å². The fourth-order valence-electron chi connectivity index (χ4n) is 4.27. The fourth-order valence-corrected chi connectivity index (χ4v) is 4.27. The molecule has 2 aromatic rings. The van der Waals surface area contributed by atoms with E-state index in [0.717, 1.165) is 31.2 Å². The molecule has 36 heavy (non-hydrogen) atoms. The van der Waals surface area contributed by atoms with Crippen LogP contribution >= 0.6 is 0 Å². The Balaban J connectivity index is 1.70. The topological polar surface area (TPSA) is 88.1 Å². The maximum atomic E-state index is 13.0. The lowest BCUT2D eigenvalue weighted by molar-refractivity contribution is -0.172. The second-order valence-corrected chi connectivity index (χ2v) is 9.01. The van der Waals surface area contributed by atoms with E-state index in [9.17, 15) is 14.4 Å². The Kier molecular flexibility index (Phi) is 10.5. The zero-order chi connectivity index (χ0) is 25.8. The Labute approximate surface area is 212 Å². The molecule has 0 aliphatic heterocycles.